The topological polar surface area (TPSA) is 103 Å². The van der Waals surface area contributed by atoms with Gasteiger partial charge in [-0.15, -0.1) is 11.8 Å². The zero-order valence-corrected chi connectivity index (χ0v) is 11.0. The largest absolute Gasteiger partial charge is 0.480 e. The monoisotopic (exact) mass is 283 g/mol. The number of H-pyrrole nitrogens is 1. The second-order valence-electron chi connectivity index (χ2n) is 4.06. The van der Waals surface area contributed by atoms with E-state index in [-0.39, 0.29) is 11.1 Å². The molecule has 0 saturated carbocycles. The molecular weight excluding hydrogens is 270 g/mol. The van der Waals surface area contributed by atoms with E-state index in [0.29, 0.717) is 12.2 Å². The molecule has 1 aromatic heterocycles. The quantitative estimate of drug-likeness (QED) is 0.818. The molecule has 102 valence electrons. The summed E-state index contributed by atoms with van der Waals surface area (Å²) < 4.78 is 0. The molecule has 2 atom stereocenters. The minimum absolute atomic E-state index is 0.0480. The predicted molar refractivity (Wildman–Crippen MR) is 69.0 cm³/mol. The first-order valence-electron chi connectivity index (χ1n) is 5.76. The maximum atomic E-state index is 12.3. The molecule has 2 N–H and O–H groups in total. The van der Waals surface area contributed by atoms with E-state index in [2.05, 4.69) is 9.97 Å². The second kappa shape index (κ2) is 5.43. The minimum atomic E-state index is -1.03. The van der Waals surface area contributed by atoms with Gasteiger partial charge in [0.05, 0.1) is 11.6 Å². The van der Waals surface area contributed by atoms with Gasteiger partial charge in [0, 0.05) is 11.9 Å². The van der Waals surface area contributed by atoms with Gasteiger partial charge in [0.25, 0.3) is 11.5 Å². The number of carbonyl (C=O) groups excluding carboxylic acids is 1. The third-order valence-electron chi connectivity index (χ3n) is 2.85. The van der Waals surface area contributed by atoms with Crippen molar-refractivity contribution >= 4 is 23.6 Å². The van der Waals surface area contributed by atoms with Crippen molar-refractivity contribution in [2.75, 3.05) is 5.75 Å². The van der Waals surface area contributed by atoms with Crippen molar-refractivity contribution in [2.45, 2.75) is 24.8 Å². The molecule has 0 aliphatic carbocycles. The van der Waals surface area contributed by atoms with E-state index in [1.807, 2.05) is 6.92 Å². The summed E-state index contributed by atoms with van der Waals surface area (Å²) in [6.45, 7) is 1.89. The molecule has 0 aromatic carbocycles. The summed E-state index contributed by atoms with van der Waals surface area (Å²) in [5.41, 5.74) is -0.360. The number of thioether (sulfide) groups is 1. The molecule has 0 radical (unpaired) electrons. The van der Waals surface area contributed by atoms with Gasteiger partial charge in [0.15, 0.2) is 0 Å². The number of aromatic amines is 1. The highest BCUT2D eigenvalue weighted by molar-refractivity contribution is 8.00. The van der Waals surface area contributed by atoms with Crippen LogP contribution < -0.4 is 5.56 Å². The highest BCUT2D eigenvalue weighted by atomic mass is 32.2. The van der Waals surface area contributed by atoms with Crippen LogP contribution in [-0.2, 0) is 4.79 Å². The Hall–Kier alpha value is -1.83. The number of carboxylic acid groups (broad SMARTS) is 1. The van der Waals surface area contributed by atoms with Gasteiger partial charge in [0.2, 0.25) is 0 Å². The average molecular weight is 283 g/mol. The van der Waals surface area contributed by atoms with Crippen molar-refractivity contribution in [3.63, 3.8) is 0 Å². The summed E-state index contributed by atoms with van der Waals surface area (Å²) in [6, 6.07) is -0.851. The number of carboxylic acids is 1. The van der Waals surface area contributed by atoms with Gasteiger partial charge in [-0.05, 0) is 6.42 Å². The van der Waals surface area contributed by atoms with Crippen LogP contribution in [0.15, 0.2) is 17.2 Å². The summed E-state index contributed by atoms with van der Waals surface area (Å²) in [7, 11) is 0. The van der Waals surface area contributed by atoms with Crippen molar-refractivity contribution in [2.24, 2.45) is 0 Å². The van der Waals surface area contributed by atoms with Crippen LogP contribution in [0.2, 0.25) is 0 Å². The lowest BCUT2D eigenvalue weighted by molar-refractivity contribution is -0.141. The number of nitrogens with one attached hydrogen (secondary N) is 1. The lowest BCUT2D eigenvalue weighted by Crippen LogP contribution is -2.45. The Kier molecular flexibility index (Phi) is 3.89. The molecule has 1 aromatic rings. The van der Waals surface area contributed by atoms with Gasteiger partial charge < -0.3 is 15.0 Å². The molecule has 1 fully saturated rings. The van der Waals surface area contributed by atoms with Crippen molar-refractivity contribution in [3.8, 4) is 0 Å². The molecule has 7 nitrogen and oxygen atoms in total. The van der Waals surface area contributed by atoms with E-state index >= 15 is 0 Å². The van der Waals surface area contributed by atoms with Crippen molar-refractivity contribution in [1.82, 2.24) is 14.9 Å². The molecule has 1 aliphatic heterocycles. The van der Waals surface area contributed by atoms with Crippen LogP contribution in [0.3, 0.4) is 0 Å². The Morgan fingerprint density at radius 2 is 2.37 bits per heavy atom. The lowest BCUT2D eigenvalue weighted by atomic mass is 10.2. The van der Waals surface area contributed by atoms with Gasteiger partial charge in [-0.1, -0.05) is 6.92 Å². The predicted octanol–water partition coefficient (Wildman–Crippen LogP) is 0.148. The van der Waals surface area contributed by atoms with Crippen LogP contribution in [0.4, 0.5) is 0 Å². The summed E-state index contributed by atoms with van der Waals surface area (Å²) in [5, 5.41) is 8.97. The fourth-order valence-electron chi connectivity index (χ4n) is 1.93. The van der Waals surface area contributed by atoms with Crippen LogP contribution in [0, 0.1) is 0 Å². The Morgan fingerprint density at radius 3 is 2.89 bits per heavy atom. The van der Waals surface area contributed by atoms with E-state index in [1.165, 1.54) is 22.9 Å². The standard InChI is InChI=1S/C11H13N3O4S/c1-2-9-14(7(5-19-9)11(17)18)10(16)6-3-13-8(15)4-12-6/h3-4,7,9H,2,5H2,1H3,(H,13,15)(H,17,18). The molecular formula is C11H13N3O4S. The van der Waals surface area contributed by atoms with E-state index in [9.17, 15) is 14.4 Å². The second-order valence-corrected chi connectivity index (χ2v) is 5.27. The highest BCUT2D eigenvalue weighted by Crippen LogP contribution is 2.32. The number of hydrogen-bond acceptors (Lipinski definition) is 5. The number of hydrogen-bond donors (Lipinski definition) is 2. The third kappa shape index (κ3) is 2.62. The molecule has 19 heavy (non-hydrogen) atoms. The highest BCUT2D eigenvalue weighted by Gasteiger charge is 2.41. The SMILES string of the molecule is CCC1SCC(C(=O)O)N1C(=O)c1c[nH]c(=O)cn1. The summed E-state index contributed by atoms with van der Waals surface area (Å²) in [4.78, 5) is 41.8. The van der Waals surface area contributed by atoms with E-state index in [4.69, 9.17) is 5.11 Å². The maximum absolute atomic E-state index is 12.3. The zero-order valence-electron chi connectivity index (χ0n) is 10.2. The van der Waals surface area contributed by atoms with Gasteiger partial charge in [-0.2, -0.15) is 0 Å². The first kappa shape index (κ1) is 13.6. The van der Waals surface area contributed by atoms with Gasteiger partial charge >= 0.3 is 5.97 Å². The molecule has 1 aliphatic rings. The Morgan fingerprint density at radius 1 is 1.63 bits per heavy atom. The van der Waals surface area contributed by atoms with Gasteiger partial charge in [-0.3, -0.25) is 9.59 Å². The molecule has 8 heteroatoms. The van der Waals surface area contributed by atoms with E-state index in [0.717, 1.165) is 6.20 Å². The van der Waals surface area contributed by atoms with Crippen LogP contribution in [-0.4, -0.2) is 49.0 Å². The van der Waals surface area contributed by atoms with Crippen LogP contribution in [0.1, 0.15) is 23.8 Å². The van der Waals surface area contributed by atoms with E-state index in [1.54, 1.807) is 0 Å². The Bertz CT molecular complexity index is 539. The number of aromatic nitrogens is 2. The third-order valence-corrected chi connectivity index (χ3v) is 4.31. The van der Waals surface area contributed by atoms with Crippen LogP contribution in [0.25, 0.3) is 0 Å². The summed E-state index contributed by atoms with van der Waals surface area (Å²) in [6.07, 6.45) is 2.87. The number of aliphatic carboxylic acids is 1. The van der Waals surface area contributed by atoms with Gasteiger partial charge in [-0.25, -0.2) is 9.78 Å². The fraction of sp³-hybridized carbons (Fsp3) is 0.455. The Balaban J connectivity index is 2.30. The van der Waals surface area contributed by atoms with Gasteiger partial charge in [0.1, 0.15) is 11.7 Å². The number of amides is 1. The van der Waals surface area contributed by atoms with Crippen molar-refractivity contribution in [1.29, 1.82) is 0 Å². The zero-order chi connectivity index (χ0) is 14.0. The first-order valence-corrected chi connectivity index (χ1v) is 6.81. The average Bonchev–Trinajstić information content (AvgIpc) is 2.82. The smallest absolute Gasteiger partial charge is 0.327 e. The first-order chi connectivity index (χ1) is 9.04. The molecule has 1 saturated heterocycles. The van der Waals surface area contributed by atoms with Crippen molar-refractivity contribution < 1.29 is 14.7 Å². The summed E-state index contributed by atoms with van der Waals surface area (Å²) >= 11 is 1.44. The lowest BCUT2D eigenvalue weighted by Gasteiger charge is -2.26. The Labute approximate surface area is 113 Å². The molecule has 2 heterocycles. The number of carbonyl (C=O) groups is 2. The minimum Gasteiger partial charge on any atom is -0.480 e. The fourth-order valence-corrected chi connectivity index (χ4v) is 3.28. The molecule has 0 bridgehead atoms. The van der Waals surface area contributed by atoms with E-state index < -0.39 is 23.5 Å². The van der Waals surface area contributed by atoms with Crippen LogP contribution in [0.5, 0.6) is 0 Å². The molecule has 2 rings (SSSR count). The normalized spacial score (nSPS) is 22.5. The molecule has 2 unspecified atom stereocenters. The van der Waals surface area contributed by atoms with Crippen LogP contribution >= 0.6 is 11.8 Å². The van der Waals surface area contributed by atoms with Crippen molar-refractivity contribution in [3.05, 3.63) is 28.4 Å². The number of rotatable bonds is 3. The molecule has 0 spiro atoms. The molecule has 1 amide bonds. The number of nitrogens with zero attached hydrogens (tertiary/aromatic N) is 2. The summed E-state index contributed by atoms with van der Waals surface area (Å²) in [5.74, 6) is -1.13. The maximum Gasteiger partial charge on any atom is 0.327 e.